The summed E-state index contributed by atoms with van der Waals surface area (Å²) < 4.78 is 26.2. The van der Waals surface area contributed by atoms with Gasteiger partial charge in [-0.15, -0.1) is 0 Å². The average molecular weight is 446 g/mol. The molecule has 172 valence electrons. The Bertz CT molecular complexity index is 945. The Morgan fingerprint density at radius 1 is 1.00 bits per heavy atom. The van der Waals surface area contributed by atoms with Gasteiger partial charge in [-0.3, -0.25) is 9.59 Å². The second kappa shape index (κ2) is 11.5. The van der Waals surface area contributed by atoms with E-state index in [0.29, 0.717) is 11.5 Å². The lowest BCUT2D eigenvalue weighted by molar-refractivity contribution is -0.147. The lowest BCUT2D eigenvalue weighted by Gasteiger charge is -2.18. The van der Waals surface area contributed by atoms with Crippen LogP contribution in [0.1, 0.15) is 31.3 Å². The van der Waals surface area contributed by atoms with E-state index in [9.17, 15) is 14.4 Å². The summed E-state index contributed by atoms with van der Waals surface area (Å²) in [7, 11) is 2.93. The standard InChI is InChI=1S/C22H26N2O8/c1-13(31-17-8-6-16(28-4)7-9-17)12-30-22(27)14(2)24-21(26)19-20(32-15(3)25)18(29-5)10-11-23-19/h6-11,13-14H,12H2,1-5H3,(H,24,26)/t13-,14-/m0/s1. The first kappa shape index (κ1) is 24.4. The summed E-state index contributed by atoms with van der Waals surface area (Å²) in [4.78, 5) is 40.2. The highest BCUT2D eigenvalue weighted by Gasteiger charge is 2.25. The Hall–Kier alpha value is -3.82. The van der Waals surface area contributed by atoms with Crippen LogP contribution < -0.4 is 24.3 Å². The number of aromatic nitrogens is 1. The van der Waals surface area contributed by atoms with Gasteiger partial charge < -0.3 is 29.0 Å². The van der Waals surface area contributed by atoms with E-state index >= 15 is 0 Å². The largest absolute Gasteiger partial charge is 0.497 e. The van der Waals surface area contributed by atoms with Gasteiger partial charge in [-0.2, -0.15) is 0 Å². The fourth-order valence-electron chi connectivity index (χ4n) is 2.56. The predicted octanol–water partition coefficient (Wildman–Crippen LogP) is 2.15. The monoisotopic (exact) mass is 446 g/mol. The molecule has 2 rings (SSSR count). The van der Waals surface area contributed by atoms with Crippen LogP contribution in [0.25, 0.3) is 0 Å². The van der Waals surface area contributed by atoms with Crippen molar-refractivity contribution in [1.29, 1.82) is 0 Å². The average Bonchev–Trinajstić information content (AvgIpc) is 2.77. The van der Waals surface area contributed by atoms with Crippen LogP contribution in [0, 0.1) is 0 Å². The van der Waals surface area contributed by atoms with Crippen molar-refractivity contribution in [3.8, 4) is 23.0 Å². The van der Waals surface area contributed by atoms with Crippen LogP contribution in [-0.2, 0) is 14.3 Å². The minimum atomic E-state index is -0.992. The number of hydrogen-bond donors (Lipinski definition) is 1. The second-order valence-corrected chi connectivity index (χ2v) is 6.71. The zero-order valence-corrected chi connectivity index (χ0v) is 18.5. The summed E-state index contributed by atoms with van der Waals surface area (Å²) in [5.74, 6) is -0.736. The lowest BCUT2D eigenvalue weighted by atomic mass is 10.2. The number of methoxy groups -OCH3 is 2. The number of pyridine rings is 1. The number of ether oxygens (including phenoxy) is 5. The molecule has 0 fully saturated rings. The molecular weight excluding hydrogens is 420 g/mol. The van der Waals surface area contributed by atoms with Gasteiger partial charge in [0.25, 0.3) is 5.91 Å². The zero-order chi connectivity index (χ0) is 23.7. The van der Waals surface area contributed by atoms with Crippen molar-refractivity contribution in [2.45, 2.75) is 32.9 Å². The summed E-state index contributed by atoms with van der Waals surface area (Å²) in [5.41, 5.74) is -0.199. The van der Waals surface area contributed by atoms with Crippen LogP contribution in [0.4, 0.5) is 0 Å². The van der Waals surface area contributed by atoms with Gasteiger partial charge >= 0.3 is 11.9 Å². The summed E-state index contributed by atoms with van der Waals surface area (Å²) in [6, 6.07) is 7.43. The first-order chi connectivity index (χ1) is 15.2. The van der Waals surface area contributed by atoms with Gasteiger partial charge in [0.15, 0.2) is 11.4 Å². The maximum Gasteiger partial charge on any atom is 0.328 e. The molecule has 1 aromatic heterocycles. The van der Waals surface area contributed by atoms with Crippen LogP contribution in [0.2, 0.25) is 0 Å². The van der Waals surface area contributed by atoms with Gasteiger partial charge in [0.05, 0.1) is 14.2 Å². The van der Waals surface area contributed by atoms with Crippen molar-refractivity contribution in [2.24, 2.45) is 0 Å². The van der Waals surface area contributed by atoms with Crippen molar-refractivity contribution in [1.82, 2.24) is 10.3 Å². The summed E-state index contributed by atoms with van der Waals surface area (Å²) in [6.45, 7) is 4.36. The molecule has 0 radical (unpaired) electrons. The fraction of sp³-hybridized carbons (Fsp3) is 0.364. The molecule has 10 heteroatoms. The summed E-state index contributed by atoms with van der Waals surface area (Å²) in [6.07, 6.45) is 0.896. The summed E-state index contributed by atoms with van der Waals surface area (Å²) in [5, 5.41) is 2.47. The molecule has 0 saturated heterocycles. The van der Waals surface area contributed by atoms with Crippen molar-refractivity contribution in [3.63, 3.8) is 0 Å². The molecule has 32 heavy (non-hydrogen) atoms. The van der Waals surface area contributed by atoms with Crippen LogP contribution in [-0.4, -0.2) is 55.8 Å². The topological polar surface area (TPSA) is 122 Å². The summed E-state index contributed by atoms with van der Waals surface area (Å²) >= 11 is 0. The molecule has 1 heterocycles. The van der Waals surface area contributed by atoms with E-state index in [4.69, 9.17) is 23.7 Å². The van der Waals surface area contributed by atoms with Crippen LogP contribution in [0.15, 0.2) is 36.5 Å². The number of carbonyl (C=O) groups excluding carboxylic acids is 3. The Labute approximate surface area is 185 Å². The molecular formula is C22H26N2O8. The van der Waals surface area contributed by atoms with Crippen molar-refractivity contribution < 1.29 is 38.1 Å². The molecule has 0 spiro atoms. The minimum Gasteiger partial charge on any atom is -0.497 e. The van der Waals surface area contributed by atoms with E-state index < -0.39 is 30.0 Å². The predicted molar refractivity (Wildman–Crippen MR) is 113 cm³/mol. The molecule has 0 saturated carbocycles. The molecule has 1 N–H and O–H groups in total. The van der Waals surface area contributed by atoms with Crippen molar-refractivity contribution >= 4 is 17.8 Å². The molecule has 0 bridgehead atoms. The van der Waals surface area contributed by atoms with Gasteiger partial charge in [-0.1, -0.05) is 0 Å². The smallest absolute Gasteiger partial charge is 0.328 e. The molecule has 0 aliphatic carbocycles. The van der Waals surface area contributed by atoms with Crippen LogP contribution >= 0.6 is 0 Å². The van der Waals surface area contributed by atoms with E-state index in [2.05, 4.69) is 10.3 Å². The third kappa shape index (κ3) is 6.86. The number of nitrogens with one attached hydrogen (secondary N) is 1. The molecule has 0 aliphatic heterocycles. The number of amides is 1. The first-order valence-corrected chi connectivity index (χ1v) is 9.74. The third-order valence-electron chi connectivity index (χ3n) is 4.11. The van der Waals surface area contributed by atoms with E-state index in [1.807, 2.05) is 0 Å². The van der Waals surface area contributed by atoms with E-state index in [-0.39, 0.29) is 23.8 Å². The molecule has 0 aliphatic rings. The Kier molecular flexibility index (Phi) is 8.82. The van der Waals surface area contributed by atoms with E-state index in [1.54, 1.807) is 38.3 Å². The number of rotatable bonds is 10. The van der Waals surface area contributed by atoms with Gasteiger partial charge in [0, 0.05) is 19.2 Å². The highest BCUT2D eigenvalue weighted by Crippen LogP contribution is 2.29. The highest BCUT2D eigenvalue weighted by molar-refractivity contribution is 5.98. The van der Waals surface area contributed by atoms with E-state index in [1.165, 1.54) is 33.2 Å². The maximum atomic E-state index is 12.6. The maximum absolute atomic E-state index is 12.6. The minimum absolute atomic E-state index is 0.0266. The number of esters is 2. The lowest BCUT2D eigenvalue weighted by Crippen LogP contribution is -2.41. The number of hydrogen-bond acceptors (Lipinski definition) is 9. The normalized spacial score (nSPS) is 12.2. The van der Waals surface area contributed by atoms with Gasteiger partial charge in [-0.05, 0) is 38.1 Å². The highest BCUT2D eigenvalue weighted by atomic mass is 16.6. The molecule has 0 unspecified atom stereocenters. The fourth-order valence-corrected chi connectivity index (χ4v) is 2.56. The second-order valence-electron chi connectivity index (χ2n) is 6.71. The molecule has 10 nitrogen and oxygen atoms in total. The Morgan fingerprint density at radius 2 is 1.66 bits per heavy atom. The molecule has 2 atom stereocenters. The van der Waals surface area contributed by atoms with Gasteiger partial charge in [0.1, 0.15) is 30.3 Å². The first-order valence-electron chi connectivity index (χ1n) is 9.74. The molecule has 1 aromatic carbocycles. The Morgan fingerprint density at radius 3 is 2.25 bits per heavy atom. The third-order valence-corrected chi connectivity index (χ3v) is 4.11. The molecule has 1 amide bonds. The van der Waals surface area contributed by atoms with Crippen LogP contribution in [0.3, 0.4) is 0 Å². The van der Waals surface area contributed by atoms with Crippen molar-refractivity contribution in [3.05, 3.63) is 42.2 Å². The van der Waals surface area contributed by atoms with Crippen LogP contribution in [0.5, 0.6) is 23.0 Å². The number of carbonyl (C=O) groups is 3. The SMILES string of the molecule is COc1ccc(O[C@@H](C)COC(=O)[C@H](C)NC(=O)c2nccc(OC)c2OC(C)=O)cc1. The van der Waals surface area contributed by atoms with E-state index in [0.717, 1.165) is 0 Å². The van der Waals surface area contributed by atoms with Crippen molar-refractivity contribution in [2.75, 3.05) is 20.8 Å². The van der Waals surface area contributed by atoms with Gasteiger partial charge in [0.2, 0.25) is 5.75 Å². The number of nitrogens with zero attached hydrogens (tertiary/aromatic N) is 1. The van der Waals surface area contributed by atoms with Gasteiger partial charge in [-0.25, -0.2) is 9.78 Å². The molecule has 2 aromatic rings. The number of benzene rings is 1. The Balaban J connectivity index is 1.93. The quantitative estimate of drug-likeness (QED) is 0.547. The zero-order valence-electron chi connectivity index (χ0n) is 18.5.